The molecule has 2 aromatic carbocycles. The molecule has 0 saturated carbocycles. The zero-order chi connectivity index (χ0) is 34.4. The van der Waals surface area contributed by atoms with Crippen LogP contribution in [0.15, 0.2) is 67.7 Å². The number of rotatable bonds is 5. The third-order valence-electron chi connectivity index (χ3n) is 9.56. The fourth-order valence-electron chi connectivity index (χ4n) is 7.01. The number of anilines is 1. The number of carbonyl (C=O) groups is 3. The van der Waals surface area contributed by atoms with E-state index in [1.54, 1.807) is 43.3 Å². The standard InChI is InChI=1S/C35H30ClN3O9/c1-15-13-19-24(30(41)35(15)31(42)26-22(45-5)14-23(46-6)28(36)29(26)48-35)25(27-32(37-19)38(3)34(44)39(4)33(27)43)21-12-11-20(47-21)18-9-7-17(8-10-18)16(2)40/h7-12,14-15,25,37H,13H2,1-6H3/t15-,25-,35+/m1/s1. The fraction of sp³-hybridized carbons (Fsp3) is 0.286. The molecule has 2 aliphatic heterocycles. The molecule has 3 atom stereocenters. The maximum atomic E-state index is 15.0. The Labute approximate surface area is 278 Å². The minimum absolute atomic E-state index is 0.0114. The van der Waals surface area contributed by atoms with Crippen molar-refractivity contribution in [1.29, 1.82) is 0 Å². The molecular formula is C35H30ClN3O9. The molecule has 2 aromatic heterocycles. The smallest absolute Gasteiger partial charge is 0.332 e. The molecule has 1 aliphatic carbocycles. The number of Topliss-reactive ketones (excluding diaryl/α,β-unsaturated/α-hetero) is 3. The number of aromatic nitrogens is 2. The molecule has 4 aromatic rings. The van der Waals surface area contributed by atoms with Crippen molar-refractivity contribution in [3.8, 4) is 28.6 Å². The van der Waals surface area contributed by atoms with Crippen molar-refractivity contribution in [3.05, 3.63) is 102 Å². The van der Waals surface area contributed by atoms with E-state index in [-0.39, 0.29) is 62.8 Å². The number of nitrogens with one attached hydrogen (secondary N) is 1. The summed E-state index contributed by atoms with van der Waals surface area (Å²) in [6.45, 7) is 3.19. The van der Waals surface area contributed by atoms with Crippen molar-refractivity contribution < 1.29 is 33.0 Å². The molecule has 0 unspecified atom stereocenters. The fourth-order valence-corrected chi connectivity index (χ4v) is 7.27. The molecule has 12 nitrogen and oxygen atoms in total. The van der Waals surface area contributed by atoms with Gasteiger partial charge in [-0.25, -0.2) is 4.79 Å². The number of carbonyl (C=O) groups excluding carboxylic acids is 3. The Hall–Kier alpha value is -5.36. The van der Waals surface area contributed by atoms with Gasteiger partial charge in [0.2, 0.25) is 17.2 Å². The third kappa shape index (κ3) is 4.11. The first kappa shape index (κ1) is 31.3. The normalized spacial score (nSPS) is 21.0. The van der Waals surface area contributed by atoms with Crippen LogP contribution in [0.4, 0.5) is 5.82 Å². The van der Waals surface area contributed by atoms with Crippen LogP contribution in [0.2, 0.25) is 5.02 Å². The van der Waals surface area contributed by atoms with Crippen molar-refractivity contribution in [1.82, 2.24) is 9.13 Å². The van der Waals surface area contributed by atoms with Gasteiger partial charge in [-0.15, -0.1) is 0 Å². The van der Waals surface area contributed by atoms with E-state index in [1.165, 1.54) is 45.9 Å². The van der Waals surface area contributed by atoms with E-state index in [9.17, 15) is 19.2 Å². The SMILES string of the molecule is COc1cc(OC)c2c(c1Cl)O[C@@]1(C(=O)C3=C(C[C@H]1C)Nc1c(c(=O)n(C)c(=O)n1C)[C@@H]3c1ccc(-c3ccc(C(C)=O)cc3)o1)C2=O. The van der Waals surface area contributed by atoms with Crippen LogP contribution in [0, 0.1) is 5.92 Å². The number of fused-ring (bicyclic) bond motifs is 2. The number of hydrogen-bond donors (Lipinski definition) is 1. The van der Waals surface area contributed by atoms with Crippen LogP contribution in [-0.2, 0) is 18.9 Å². The molecule has 4 heterocycles. The van der Waals surface area contributed by atoms with Gasteiger partial charge in [0.1, 0.15) is 39.4 Å². The summed E-state index contributed by atoms with van der Waals surface area (Å²) in [6, 6.07) is 11.6. The lowest BCUT2D eigenvalue weighted by Crippen LogP contribution is -2.58. The summed E-state index contributed by atoms with van der Waals surface area (Å²) >= 11 is 6.63. The van der Waals surface area contributed by atoms with Crippen LogP contribution in [0.3, 0.4) is 0 Å². The average molecular weight is 672 g/mol. The molecule has 1 N–H and O–H groups in total. The van der Waals surface area contributed by atoms with E-state index in [0.29, 0.717) is 22.6 Å². The molecule has 13 heteroatoms. The molecule has 0 saturated heterocycles. The van der Waals surface area contributed by atoms with Crippen LogP contribution < -0.4 is 30.8 Å². The van der Waals surface area contributed by atoms with Gasteiger partial charge in [0.25, 0.3) is 5.56 Å². The van der Waals surface area contributed by atoms with Gasteiger partial charge in [0, 0.05) is 48.5 Å². The van der Waals surface area contributed by atoms with E-state index < -0.39 is 40.3 Å². The monoisotopic (exact) mass is 671 g/mol. The summed E-state index contributed by atoms with van der Waals surface area (Å²) in [6.07, 6.45) is 0.136. The van der Waals surface area contributed by atoms with Crippen LogP contribution in [0.1, 0.15) is 58.2 Å². The Bertz CT molecular complexity index is 2260. The lowest BCUT2D eigenvalue weighted by atomic mass is 9.66. The molecule has 246 valence electrons. The molecule has 3 aliphatic rings. The Morgan fingerprint density at radius 2 is 1.67 bits per heavy atom. The highest BCUT2D eigenvalue weighted by atomic mass is 35.5. The molecule has 0 amide bonds. The summed E-state index contributed by atoms with van der Waals surface area (Å²) in [5.74, 6) is -2.10. The minimum Gasteiger partial charge on any atom is -0.496 e. The number of furan rings is 1. The Morgan fingerprint density at radius 3 is 2.31 bits per heavy atom. The summed E-state index contributed by atoms with van der Waals surface area (Å²) in [5.41, 5.74) is -1.46. The van der Waals surface area contributed by atoms with Crippen LogP contribution in [-0.4, -0.2) is 46.3 Å². The van der Waals surface area contributed by atoms with Crippen molar-refractivity contribution in [2.24, 2.45) is 20.0 Å². The summed E-state index contributed by atoms with van der Waals surface area (Å²) < 4.78 is 25.9. The first-order chi connectivity index (χ1) is 22.8. The zero-order valence-corrected chi connectivity index (χ0v) is 27.6. The lowest BCUT2D eigenvalue weighted by molar-refractivity contribution is -0.130. The minimum atomic E-state index is -2.05. The van der Waals surface area contributed by atoms with Gasteiger partial charge in [0.05, 0.1) is 25.7 Å². The summed E-state index contributed by atoms with van der Waals surface area (Å²) in [4.78, 5) is 68.3. The number of ketones is 3. The van der Waals surface area contributed by atoms with Crippen molar-refractivity contribution in [2.45, 2.75) is 31.8 Å². The summed E-state index contributed by atoms with van der Waals surface area (Å²) in [7, 11) is 5.67. The number of nitrogens with zero attached hydrogens (tertiary/aromatic N) is 2. The van der Waals surface area contributed by atoms with Crippen LogP contribution in [0.5, 0.6) is 17.2 Å². The highest BCUT2D eigenvalue weighted by Gasteiger charge is 2.64. The predicted octanol–water partition coefficient (Wildman–Crippen LogP) is 4.65. The molecule has 0 bridgehead atoms. The van der Waals surface area contributed by atoms with Gasteiger partial charge in [0.15, 0.2) is 11.5 Å². The number of ether oxygens (including phenoxy) is 3. The molecule has 0 fully saturated rings. The van der Waals surface area contributed by atoms with Crippen LogP contribution >= 0.6 is 11.6 Å². The lowest BCUT2D eigenvalue weighted by Gasteiger charge is -2.42. The number of halogens is 1. The van der Waals surface area contributed by atoms with Gasteiger partial charge < -0.3 is 23.9 Å². The Morgan fingerprint density at radius 1 is 0.979 bits per heavy atom. The van der Waals surface area contributed by atoms with E-state index >= 15 is 4.79 Å². The highest BCUT2D eigenvalue weighted by molar-refractivity contribution is 6.36. The topological polar surface area (TPSA) is 148 Å². The van der Waals surface area contributed by atoms with Gasteiger partial charge in [-0.05, 0) is 25.5 Å². The van der Waals surface area contributed by atoms with E-state index in [2.05, 4.69) is 5.32 Å². The Kier molecular flexibility index (Phi) is 7.06. The number of benzene rings is 2. The van der Waals surface area contributed by atoms with Crippen molar-refractivity contribution in [3.63, 3.8) is 0 Å². The number of allylic oxidation sites excluding steroid dienone is 1. The van der Waals surface area contributed by atoms with Crippen LogP contribution in [0.25, 0.3) is 11.3 Å². The largest absolute Gasteiger partial charge is 0.496 e. The molecular weight excluding hydrogens is 642 g/mol. The quantitative estimate of drug-likeness (QED) is 0.235. The van der Waals surface area contributed by atoms with Gasteiger partial charge in [-0.3, -0.25) is 28.3 Å². The molecule has 48 heavy (non-hydrogen) atoms. The van der Waals surface area contributed by atoms with E-state index in [0.717, 1.165) is 4.57 Å². The molecule has 7 rings (SSSR count). The maximum Gasteiger partial charge on any atom is 0.332 e. The second kappa shape index (κ2) is 10.8. The van der Waals surface area contributed by atoms with Crippen molar-refractivity contribution in [2.75, 3.05) is 19.5 Å². The molecule has 0 radical (unpaired) electrons. The maximum absolute atomic E-state index is 15.0. The second-order valence-corrected chi connectivity index (χ2v) is 12.5. The summed E-state index contributed by atoms with van der Waals surface area (Å²) in [5, 5.41) is 3.20. The second-order valence-electron chi connectivity index (χ2n) is 12.2. The number of hydrogen-bond acceptors (Lipinski definition) is 10. The Balaban J connectivity index is 1.43. The highest BCUT2D eigenvalue weighted by Crippen LogP contribution is 2.56. The van der Waals surface area contributed by atoms with Gasteiger partial charge in [-0.1, -0.05) is 42.8 Å². The number of methoxy groups -OCH3 is 2. The first-order valence-corrected chi connectivity index (χ1v) is 15.5. The van der Waals surface area contributed by atoms with Gasteiger partial charge in [-0.2, -0.15) is 0 Å². The molecule has 1 spiro atoms. The first-order valence-electron chi connectivity index (χ1n) is 15.1. The average Bonchev–Trinajstić information content (AvgIpc) is 3.69. The van der Waals surface area contributed by atoms with Crippen molar-refractivity contribution >= 4 is 34.8 Å². The van der Waals surface area contributed by atoms with Gasteiger partial charge >= 0.3 is 5.69 Å². The zero-order valence-electron chi connectivity index (χ0n) is 26.8. The third-order valence-corrected chi connectivity index (χ3v) is 9.92. The van der Waals surface area contributed by atoms with E-state index in [1.807, 2.05) is 0 Å². The predicted molar refractivity (Wildman–Crippen MR) is 175 cm³/mol. The van der Waals surface area contributed by atoms with E-state index in [4.69, 9.17) is 30.2 Å².